The average Bonchev–Trinajstić information content (AvgIpc) is 3.99. The summed E-state index contributed by atoms with van der Waals surface area (Å²) in [5.41, 5.74) is -0.483. The zero-order valence-corrected chi connectivity index (χ0v) is 44.8. The maximum atomic E-state index is 12.9. The van der Waals surface area contributed by atoms with E-state index in [2.05, 4.69) is 51.6 Å². The number of aromatic nitrogens is 3. The molecule has 0 aliphatic carbocycles. The predicted molar refractivity (Wildman–Crippen MR) is 265 cm³/mol. The summed E-state index contributed by atoms with van der Waals surface area (Å²) in [4.78, 5) is 9.78. The van der Waals surface area contributed by atoms with E-state index in [1.165, 1.54) is 19.6 Å². The van der Waals surface area contributed by atoms with Crippen LogP contribution in [0, 0.1) is 24.7 Å². The van der Waals surface area contributed by atoms with Gasteiger partial charge >= 0.3 is 0 Å². The molecular formula is C52H88N6O13. The lowest BCUT2D eigenvalue weighted by atomic mass is 9.77. The first-order chi connectivity index (χ1) is 33.3. The van der Waals surface area contributed by atoms with Gasteiger partial charge in [-0.1, -0.05) is 67.9 Å². The van der Waals surface area contributed by atoms with Crippen molar-refractivity contribution < 1.29 is 63.9 Å². The van der Waals surface area contributed by atoms with Gasteiger partial charge in [-0.3, -0.25) is 0 Å². The number of ether oxygens (including phenoxy) is 6. The van der Waals surface area contributed by atoms with Gasteiger partial charge in [-0.15, -0.1) is 5.10 Å². The second kappa shape index (κ2) is 23.9. The molecule has 6 rings (SSSR count). The number of hydrogen-bond acceptors (Lipinski definition) is 18. The molecule has 0 spiro atoms. The van der Waals surface area contributed by atoms with Crippen LogP contribution in [0.4, 0.5) is 0 Å². The summed E-state index contributed by atoms with van der Waals surface area (Å²) in [7, 11) is 5.33. The van der Waals surface area contributed by atoms with Gasteiger partial charge < -0.3 is 73.7 Å². The molecule has 3 fully saturated rings. The largest absolute Gasteiger partial charge is 0.390 e. The van der Waals surface area contributed by atoms with Crippen molar-refractivity contribution >= 4 is 5.71 Å². The van der Waals surface area contributed by atoms with E-state index >= 15 is 0 Å². The monoisotopic (exact) mass is 1000 g/mol. The van der Waals surface area contributed by atoms with Gasteiger partial charge in [-0.05, 0) is 93.3 Å². The van der Waals surface area contributed by atoms with Gasteiger partial charge in [0.1, 0.15) is 23.9 Å². The molecule has 0 saturated carbocycles. The van der Waals surface area contributed by atoms with Gasteiger partial charge in [0.15, 0.2) is 25.0 Å². The van der Waals surface area contributed by atoms with Crippen molar-refractivity contribution in [3.8, 4) is 0 Å². The van der Waals surface area contributed by atoms with E-state index in [0.29, 0.717) is 38.9 Å². The van der Waals surface area contributed by atoms with Crippen molar-refractivity contribution in [1.82, 2.24) is 24.8 Å². The number of aliphatic hydroxyl groups is 6. The smallest absolute Gasteiger partial charge is 0.185 e. The van der Waals surface area contributed by atoms with Crippen LogP contribution in [-0.2, 0) is 46.2 Å². The molecule has 20 atom stereocenters. The first-order valence-corrected chi connectivity index (χ1v) is 25.9. The van der Waals surface area contributed by atoms with Crippen molar-refractivity contribution in [2.24, 2.45) is 22.9 Å². The fourth-order valence-corrected chi connectivity index (χ4v) is 11.4. The van der Waals surface area contributed by atoms with E-state index in [-0.39, 0.29) is 37.4 Å². The van der Waals surface area contributed by atoms with Crippen molar-refractivity contribution in [2.45, 2.75) is 224 Å². The summed E-state index contributed by atoms with van der Waals surface area (Å²) in [5.74, 6) is -1.78. The normalized spacial score (nSPS) is 42.6. The Bertz CT molecular complexity index is 2010. The fraction of sp³-hybridized carbons (Fsp3) is 0.827. The van der Waals surface area contributed by atoms with E-state index in [0.717, 1.165) is 17.0 Å². The zero-order chi connectivity index (χ0) is 52.3. The van der Waals surface area contributed by atoms with Crippen LogP contribution in [-0.4, -0.2) is 198 Å². The Morgan fingerprint density at radius 3 is 2.25 bits per heavy atom. The molecule has 5 heterocycles. The van der Waals surface area contributed by atoms with Crippen LogP contribution >= 0.6 is 0 Å². The fourth-order valence-electron chi connectivity index (χ4n) is 11.4. The number of hydrogen-bond donors (Lipinski definition) is 6. The highest BCUT2D eigenvalue weighted by Crippen LogP contribution is 2.41. The Morgan fingerprint density at radius 2 is 1.59 bits per heavy atom. The molecule has 404 valence electrons. The summed E-state index contributed by atoms with van der Waals surface area (Å²) in [6, 6.07) is 7.29. The van der Waals surface area contributed by atoms with Gasteiger partial charge in [0.25, 0.3) is 0 Å². The molecule has 3 saturated heterocycles. The summed E-state index contributed by atoms with van der Waals surface area (Å²) < 4.78 is 40.5. The number of methoxy groups -OCH3 is 1. The molecule has 6 N–H and O–H groups in total. The Morgan fingerprint density at radius 1 is 0.901 bits per heavy atom. The lowest BCUT2D eigenvalue weighted by Gasteiger charge is -2.49. The minimum atomic E-state index is -1.77. The number of aryl methyl sites for hydroxylation is 1. The average molecular weight is 1010 g/mol. The molecule has 2 aromatic rings. The Balaban J connectivity index is 1.23. The first kappa shape index (κ1) is 57.5. The molecule has 4 aliphatic rings. The van der Waals surface area contributed by atoms with Crippen molar-refractivity contribution in [1.29, 1.82) is 0 Å². The van der Waals surface area contributed by atoms with Crippen LogP contribution in [0.1, 0.15) is 118 Å². The third kappa shape index (κ3) is 13.6. The minimum Gasteiger partial charge on any atom is -0.390 e. The minimum absolute atomic E-state index is 0.134. The van der Waals surface area contributed by atoms with Crippen LogP contribution < -0.4 is 0 Å². The summed E-state index contributed by atoms with van der Waals surface area (Å²) in [6.07, 6.45) is -7.03. The molecule has 0 amide bonds. The third-order valence-electron chi connectivity index (χ3n) is 16.1. The Hall–Kier alpha value is -2.73. The number of rotatable bonds is 13. The molecule has 19 nitrogen and oxygen atoms in total. The zero-order valence-electron chi connectivity index (χ0n) is 44.8. The quantitative estimate of drug-likeness (QED) is 0.169. The van der Waals surface area contributed by atoms with Crippen molar-refractivity contribution in [2.75, 3.05) is 34.3 Å². The highest BCUT2D eigenvalue weighted by atomic mass is 16.7. The van der Waals surface area contributed by atoms with E-state index in [1.54, 1.807) is 32.4 Å². The van der Waals surface area contributed by atoms with Gasteiger partial charge in [-0.2, -0.15) is 0 Å². The first-order valence-electron chi connectivity index (χ1n) is 25.9. The highest BCUT2D eigenvalue weighted by Gasteiger charge is 2.52. The van der Waals surface area contributed by atoms with Crippen LogP contribution in [0.5, 0.6) is 0 Å². The molecule has 1 aromatic carbocycles. The number of aliphatic hydroxyl groups excluding tert-OH is 4. The van der Waals surface area contributed by atoms with Gasteiger partial charge in [0, 0.05) is 69.6 Å². The van der Waals surface area contributed by atoms with E-state index in [1.807, 2.05) is 59.8 Å². The van der Waals surface area contributed by atoms with Crippen molar-refractivity contribution in [3.05, 3.63) is 47.3 Å². The van der Waals surface area contributed by atoms with Gasteiger partial charge in [-0.25, -0.2) is 4.68 Å². The van der Waals surface area contributed by atoms with Crippen LogP contribution in [0.25, 0.3) is 0 Å². The topological polar surface area (TPSA) is 236 Å². The predicted octanol–water partition coefficient (Wildman–Crippen LogP) is 3.40. The Labute approximate surface area is 421 Å². The molecule has 1 aromatic heterocycles. The summed E-state index contributed by atoms with van der Waals surface area (Å²) in [5, 5.41) is 85.0. The number of nitrogens with zero attached hydrogens (tertiary/aromatic N) is 6. The third-order valence-corrected chi connectivity index (χ3v) is 16.1. The standard InChI is InChI=1S/C52H88N6O13/c1-15-41-52(11,64)45(60)34(7)57(13)26-30(3)24-50(9,63)47(32(5)44(33(6)48(62)68-41)69-42-25-51(10,65-14)46(61)35(8)67-42)70-49-43(59)40(22-31(4)66-49)56(12)21-20-37-27-58(55-53-37)28-38-23-39(54-71-38)36-18-16-29(2)17-19-36/h16-19,27,30-35,38,40-49,59-64H,15,20-26,28H2,1-14H3/t30-,31-,32+,33-,34-,35+,38?,40+,41-,42+,43-,44+,45-,46+,47-,48?,49+,50-,51-,52-/m1/s1. The van der Waals surface area contributed by atoms with E-state index < -0.39 is 102 Å². The molecule has 2 unspecified atom stereocenters. The molecular weight excluding hydrogens is 917 g/mol. The molecule has 0 radical (unpaired) electrons. The number of oxime groups is 1. The lowest BCUT2D eigenvalue weighted by molar-refractivity contribution is -0.326. The maximum Gasteiger partial charge on any atom is 0.185 e. The number of benzene rings is 1. The summed E-state index contributed by atoms with van der Waals surface area (Å²) >= 11 is 0. The molecule has 4 aliphatic heterocycles. The Kier molecular flexibility index (Phi) is 19.3. The lowest BCUT2D eigenvalue weighted by Crippen LogP contribution is -2.61. The summed E-state index contributed by atoms with van der Waals surface area (Å²) in [6.45, 7) is 21.5. The van der Waals surface area contributed by atoms with Crippen molar-refractivity contribution in [3.63, 3.8) is 0 Å². The van der Waals surface area contributed by atoms with Crippen LogP contribution in [0.2, 0.25) is 0 Å². The SMILES string of the molecule is CC[C@H]1OC(O)[C@H](C)[C@@H](O[C@H]2C[C@@](C)(OC)[C@@H](O)[C@H](C)O2)[C@H](C)[C@@H](O[C@@H]2O[C@H](C)C[C@H](N(C)CCc3cn(CC4CC(c5ccc(C)cc5)=NO4)nn3)[C@H]2O)[C@](C)(O)C[C@@H](C)CN(C)[C@H](C)[C@@H](O)[C@]1(C)O. The van der Waals surface area contributed by atoms with E-state index in [4.69, 9.17) is 33.3 Å². The van der Waals surface area contributed by atoms with Crippen LogP contribution in [0.3, 0.4) is 0 Å². The molecule has 71 heavy (non-hydrogen) atoms. The second-order valence-electron chi connectivity index (χ2n) is 22.4. The number of likely N-dealkylation sites (N-methyl/N-ethyl adjacent to an activating group) is 2. The van der Waals surface area contributed by atoms with Gasteiger partial charge in [0.2, 0.25) is 0 Å². The van der Waals surface area contributed by atoms with Crippen LogP contribution in [0.15, 0.2) is 35.6 Å². The molecule has 0 bridgehead atoms. The second-order valence-corrected chi connectivity index (χ2v) is 22.4. The maximum absolute atomic E-state index is 12.9. The van der Waals surface area contributed by atoms with E-state index in [9.17, 15) is 30.6 Å². The highest BCUT2D eigenvalue weighted by molar-refractivity contribution is 6.01. The molecule has 19 heteroatoms. The van der Waals surface area contributed by atoms with Gasteiger partial charge in [0.05, 0.1) is 59.7 Å².